The summed E-state index contributed by atoms with van der Waals surface area (Å²) >= 11 is 0. The van der Waals surface area contributed by atoms with Gasteiger partial charge in [-0.25, -0.2) is 0 Å². The average molecular weight is 445 g/mol. The van der Waals surface area contributed by atoms with Crippen LogP contribution in [0.5, 0.6) is 5.75 Å². The highest BCUT2D eigenvalue weighted by Crippen LogP contribution is 2.45. The lowest BCUT2D eigenvalue weighted by Crippen LogP contribution is -2.41. The molecule has 1 N–H and O–H groups in total. The fourth-order valence-corrected chi connectivity index (χ4v) is 5.16. The quantitative estimate of drug-likeness (QED) is 0.417. The third-order valence-corrected chi connectivity index (χ3v) is 11.6. The van der Waals surface area contributed by atoms with Crippen molar-refractivity contribution in [2.45, 2.75) is 51.2 Å². The molecule has 1 aliphatic carbocycles. The summed E-state index contributed by atoms with van der Waals surface area (Å²) in [6.45, 7) is 11.7. The normalized spacial score (nSPS) is 16.3. The van der Waals surface area contributed by atoms with Gasteiger partial charge in [0.25, 0.3) is 0 Å². The minimum Gasteiger partial charge on any atom is -0.507 e. The number of hydrogen-bond donors (Lipinski definition) is 1. The Morgan fingerprint density at radius 3 is 2.09 bits per heavy atom. The number of carbonyl (C=O) groups excluding carboxylic acids is 1. The number of carbonyl (C=O) groups is 1. The minimum atomic E-state index is -1.90. The zero-order valence-corrected chi connectivity index (χ0v) is 20.6. The van der Waals surface area contributed by atoms with Gasteiger partial charge in [-0.15, -0.1) is 0 Å². The third-order valence-electron chi connectivity index (χ3n) is 7.10. The monoisotopic (exact) mass is 444 g/mol. The van der Waals surface area contributed by atoms with Crippen LogP contribution in [0.2, 0.25) is 18.1 Å². The molecule has 0 aromatic heterocycles. The molecule has 166 valence electrons. The summed E-state index contributed by atoms with van der Waals surface area (Å²) < 4.78 is 6.45. The highest BCUT2D eigenvalue weighted by molar-refractivity contribution is 6.74. The molecule has 0 saturated carbocycles. The van der Waals surface area contributed by atoms with Crippen molar-refractivity contribution < 1.29 is 14.3 Å². The van der Waals surface area contributed by atoms with Gasteiger partial charge in [-0.05, 0) is 46.5 Å². The molecule has 0 bridgehead atoms. The fourth-order valence-electron chi connectivity index (χ4n) is 4.11. The van der Waals surface area contributed by atoms with E-state index < -0.39 is 8.32 Å². The van der Waals surface area contributed by atoms with Crippen molar-refractivity contribution in [1.82, 2.24) is 0 Å². The standard InChI is InChI=1S/C28H32O3Si/c1-28(2,3)32(4,5)31-18-22-17-25(30)27-23(22)15-16-24(29)26(27)21-13-11-20(12-14-21)19-9-7-6-8-10-19/h6-16,22,29H,17-18H2,1-5H3. The van der Waals surface area contributed by atoms with Crippen LogP contribution in [0.4, 0.5) is 0 Å². The van der Waals surface area contributed by atoms with E-state index in [2.05, 4.69) is 46.0 Å². The van der Waals surface area contributed by atoms with Gasteiger partial charge in [0.15, 0.2) is 14.1 Å². The van der Waals surface area contributed by atoms with E-state index in [4.69, 9.17) is 4.43 Å². The molecule has 0 heterocycles. The van der Waals surface area contributed by atoms with Gasteiger partial charge in [0.1, 0.15) is 5.75 Å². The zero-order chi connectivity index (χ0) is 23.1. The Balaban J connectivity index is 1.66. The van der Waals surface area contributed by atoms with Crippen molar-refractivity contribution in [2.75, 3.05) is 6.61 Å². The lowest BCUT2D eigenvalue weighted by atomic mass is 9.92. The van der Waals surface area contributed by atoms with Crippen LogP contribution in [0.15, 0.2) is 66.7 Å². The molecule has 0 radical (unpaired) electrons. The SMILES string of the molecule is CC(C)(C)[Si](C)(C)OCC1CC(=O)c2c1ccc(O)c2-c1ccc(-c2ccccc2)cc1. The van der Waals surface area contributed by atoms with Gasteiger partial charge in [-0.1, -0.05) is 81.4 Å². The van der Waals surface area contributed by atoms with Crippen LogP contribution in [0.1, 0.15) is 49.0 Å². The van der Waals surface area contributed by atoms with Gasteiger partial charge >= 0.3 is 0 Å². The molecule has 0 aliphatic heterocycles. The van der Waals surface area contributed by atoms with E-state index in [-0.39, 0.29) is 22.5 Å². The van der Waals surface area contributed by atoms with E-state index in [1.807, 2.05) is 48.5 Å². The molecule has 4 heteroatoms. The predicted octanol–water partition coefficient (Wildman–Crippen LogP) is 7.42. The number of fused-ring (bicyclic) bond motifs is 1. The van der Waals surface area contributed by atoms with E-state index >= 15 is 0 Å². The second kappa shape index (κ2) is 8.34. The minimum absolute atomic E-state index is 0.0366. The molecule has 1 unspecified atom stereocenters. The van der Waals surface area contributed by atoms with Crippen LogP contribution in [0.25, 0.3) is 22.3 Å². The van der Waals surface area contributed by atoms with Gasteiger partial charge < -0.3 is 9.53 Å². The second-order valence-electron chi connectivity index (χ2n) is 10.3. The Hall–Kier alpha value is -2.69. The third kappa shape index (κ3) is 4.17. The second-order valence-corrected chi connectivity index (χ2v) is 15.1. The molecule has 0 spiro atoms. The fraction of sp³-hybridized carbons (Fsp3) is 0.321. The smallest absolute Gasteiger partial charge is 0.192 e. The van der Waals surface area contributed by atoms with E-state index in [0.717, 1.165) is 22.3 Å². The summed E-state index contributed by atoms with van der Waals surface area (Å²) in [6, 6.07) is 21.9. The number of rotatable bonds is 5. The van der Waals surface area contributed by atoms with Crippen LogP contribution in [0, 0.1) is 0 Å². The Kier molecular flexibility index (Phi) is 5.86. The number of benzene rings is 3. The van der Waals surface area contributed by atoms with Gasteiger partial charge in [-0.3, -0.25) is 4.79 Å². The van der Waals surface area contributed by atoms with Crippen LogP contribution in [-0.4, -0.2) is 25.8 Å². The summed E-state index contributed by atoms with van der Waals surface area (Å²) in [6.07, 6.45) is 0.433. The predicted molar refractivity (Wildman–Crippen MR) is 134 cm³/mol. The maximum atomic E-state index is 13.1. The maximum absolute atomic E-state index is 13.1. The van der Waals surface area contributed by atoms with Crippen molar-refractivity contribution >= 4 is 14.1 Å². The number of Topliss-reactive ketones (excluding diaryl/α,β-unsaturated/α-hetero) is 1. The van der Waals surface area contributed by atoms with Gasteiger partial charge in [-0.2, -0.15) is 0 Å². The zero-order valence-electron chi connectivity index (χ0n) is 19.6. The van der Waals surface area contributed by atoms with Crippen LogP contribution >= 0.6 is 0 Å². The van der Waals surface area contributed by atoms with Gasteiger partial charge in [0, 0.05) is 30.1 Å². The molecule has 3 aromatic carbocycles. The van der Waals surface area contributed by atoms with Crippen molar-refractivity contribution in [3.05, 3.63) is 77.9 Å². The highest BCUT2D eigenvalue weighted by atomic mass is 28.4. The first kappa shape index (κ1) is 22.5. The van der Waals surface area contributed by atoms with Crippen molar-refractivity contribution in [2.24, 2.45) is 0 Å². The first-order valence-corrected chi connectivity index (χ1v) is 14.2. The average Bonchev–Trinajstić information content (AvgIpc) is 3.08. The Labute approximate surface area is 192 Å². The topological polar surface area (TPSA) is 46.5 Å². The largest absolute Gasteiger partial charge is 0.507 e. The van der Waals surface area contributed by atoms with E-state index in [1.165, 1.54) is 0 Å². The van der Waals surface area contributed by atoms with Gasteiger partial charge in [0.2, 0.25) is 0 Å². The lowest BCUT2D eigenvalue weighted by Gasteiger charge is -2.37. The molecule has 3 aromatic rings. The summed E-state index contributed by atoms with van der Waals surface area (Å²) in [5.41, 5.74) is 5.39. The maximum Gasteiger partial charge on any atom is 0.192 e. The molecule has 0 fully saturated rings. The Morgan fingerprint density at radius 1 is 0.875 bits per heavy atom. The summed E-state index contributed by atoms with van der Waals surface area (Å²) in [5.74, 6) is 0.270. The highest BCUT2D eigenvalue weighted by Gasteiger charge is 2.40. The van der Waals surface area contributed by atoms with Crippen molar-refractivity contribution in [3.8, 4) is 28.0 Å². The van der Waals surface area contributed by atoms with Crippen molar-refractivity contribution in [3.63, 3.8) is 0 Å². The number of hydrogen-bond acceptors (Lipinski definition) is 3. The van der Waals surface area contributed by atoms with Crippen LogP contribution < -0.4 is 0 Å². The summed E-state index contributed by atoms with van der Waals surface area (Å²) in [5, 5.41) is 10.8. The van der Waals surface area contributed by atoms with Gasteiger partial charge in [0.05, 0.1) is 0 Å². The van der Waals surface area contributed by atoms with Crippen molar-refractivity contribution in [1.29, 1.82) is 0 Å². The molecular weight excluding hydrogens is 412 g/mol. The number of ketones is 1. The molecule has 32 heavy (non-hydrogen) atoms. The molecule has 0 saturated heterocycles. The molecule has 3 nitrogen and oxygen atoms in total. The first-order chi connectivity index (χ1) is 15.1. The molecule has 1 atom stereocenters. The molecule has 4 rings (SSSR count). The number of phenols is 1. The van der Waals surface area contributed by atoms with E-state index in [1.54, 1.807) is 6.07 Å². The molecule has 0 amide bonds. The number of aromatic hydroxyl groups is 1. The van der Waals surface area contributed by atoms with E-state index in [0.29, 0.717) is 24.2 Å². The Bertz CT molecular complexity index is 1130. The van der Waals surface area contributed by atoms with Crippen LogP contribution in [0.3, 0.4) is 0 Å². The van der Waals surface area contributed by atoms with Crippen LogP contribution in [-0.2, 0) is 4.43 Å². The molecule has 1 aliphatic rings. The van der Waals surface area contributed by atoms with E-state index in [9.17, 15) is 9.90 Å². The summed E-state index contributed by atoms with van der Waals surface area (Å²) in [4.78, 5) is 13.1. The lowest BCUT2D eigenvalue weighted by molar-refractivity contribution is 0.0981. The molecular formula is C28H32O3Si. The number of phenolic OH excluding ortho intramolecular Hbond substituents is 1. The summed E-state index contributed by atoms with van der Waals surface area (Å²) in [7, 11) is -1.90. The Morgan fingerprint density at radius 2 is 1.47 bits per heavy atom. The first-order valence-electron chi connectivity index (χ1n) is 11.3.